The van der Waals surface area contributed by atoms with Crippen LogP contribution in [-0.2, 0) is 21.4 Å². The van der Waals surface area contributed by atoms with Gasteiger partial charge in [-0.25, -0.2) is 4.79 Å². The molecule has 7 heteroatoms. The number of fused-ring (bicyclic) bond motifs is 1. The van der Waals surface area contributed by atoms with Crippen molar-refractivity contribution in [2.24, 2.45) is 7.05 Å². The van der Waals surface area contributed by atoms with E-state index in [2.05, 4.69) is 15.0 Å². The van der Waals surface area contributed by atoms with Crippen LogP contribution in [0.15, 0.2) is 23.0 Å². The highest BCUT2D eigenvalue weighted by Gasteiger charge is 2.08. The Morgan fingerprint density at radius 1 is 1.35 bits per heavy atom. The zero-order valence-corrected chi connectivity index (χ0v) is 11.2. The lowest BCUT2D eigenvalue weighted by Gasteiger charge is -2.05. The quantitative estimate of drug-likeness (QED) is 0.807. The Morgan fingerprint density at radius 2 is 2.10 bits per heavy atom. The Balaban J connectivity index is 2.08. The minimum absolute atomic E-state index is 0.0345. The molecule has 0 atom stereocenters. The molecule has 1 heterocycles. The number of hydrogen-bond acceptors (Lipinski definition) is 4. The predicted molar refractivity (Wildman–Crippen MR) is 73.4 cm³/mol. The number of nitrogens with one attached hydrogen (secondary N) is 2. The molecule has 0 radical (unpaired) electrons. The summed E-state index contributed by atoms with van der Waals surface area (Å²) in [5.41, 5.74) is 1.74. The number of nitrogens with zero attached hydrogens (tertiary/aromatic N) is 1. The van der Waals surface area contributed by atoms with Gasteiger partial charge >= 0.3 is 11.7 Å². The first-order valence-corrected chi connectivity index (χ1v) is 6.06. The average molecular weight is 277 g/mol. The van der Waals surface area contributed by atoms with Crippen molar-refractivity contribution in [2.45, 2.75) is 12.8 Å². The number of aromatic nitrogens is 2. The highest BCUT2D eigenvalue weighted by molar-refractivity contribution is 5.94. The number of carbonyl (C=O) groups excluding carboxylic acids is 2. The summed E-state index contributed by atoms with van der Waals surface area (Å²) in [5.74, 6) is -0.712. The van der Waals surface area contributed by atoms with Crippen LogP contribution in [0.25, 0.3) is 11.0 Å². The number of aromatic amines is 1. The van der Waals surface area contributed by atoms with E-state index in [1.54, 1.807) is 25.2 Å². The molecule has 0 aliphatic heterocycles. The monoisotopic (exact) mass is 277 g/mol. The predicted octanol–water partition coefficient (Wildman–Crippen LogP) is 0.758. The van der Waals surface area contributed by atoms with Gasteiger partial charge in [0.2, 0.25) is 5.91 Å². The Bertz CT molecular complexity index is 714. The summed E-state index contributed by atoms with van der Waals surface area (Å²) in [4.78, 5) is 36.7. The molecule has 0 saturated heterocycles. The largest absolute Gasteiger partial charge is 0.469 e. The smallest absolute Gasteiger partial charge is 0.326 e. The number of esters is 1. The molecular formula is C13H15N3O4. The molecule has 0 unspecified atom stereocenters. The van der Waals surface area contributed by atoms with Gasteiger partial charge < -0.3 is 15.0 Å². The van der Waals surface area contributed by atoms with Crippen LogP contribution in [0.3, 0.4) is 0 Å². The zero-order chi connectivity index (χ0) is 14.7. The van der Waals surface area contributed by atoms with E-state index in [4.69, 9.17) is 0 Å². The number of hydrogen-bond donors (Lipinski definition) is 2. The molecule has 2 aromatic rings. The zero-order valence-electron chi connectivity index (χ0n) is 11.2. The van der Waals surface area contributed by atoms with Gasteiger partial charge in [-0.2, -0.15) is 0 Å². The van der Waals surface area contributed by atoms with E-state index in [1.807, 2.05) is 0 Å². The van der Waals surface area contributed by atoms with E-state index in [0.29, 0.717) is 11.2 Å². The number of benzene rings is 1. The van der Waals surface area contributed by atoms with Gasteiger partial charge in [0, 0.05) is 19.2 Å². The highest BCUT2D eigenvalue weighted by Crippen LogP contribution is 2.16. The van der Waals surface area contributed by atoms with Crippen molar-refractivity contribution in [2.75, 3.05) is 12.4 Å². The molecule has 1 amide bonds. The van der Waals surface area contributed by atoms with Gasteiger partial charge in [-0.1, -0.05) is 0 Å². The maximum atomic E-state index is 11.6. The van der Waals surface area contributed by atoms with Crippen LogP contribution in [-0.4, -0.2) is 28.5 Å². The first kappa shape index (κ1) is 13.9. The Morgan fingerprint density at radius 3 is 2.80 bits per heavy atom. The Labute approximate surface area is 114 Å². The Kier molecular flexibility index (Phi) is 3.88. The van der Waals surface area contributed by atoms with Crippen molar-refractivity contribution in [1.29, 1.82) is 0 Å². The van der Waals surface area contributed by atoms with Crippen molar-refractivity contribution in [1.82, 2.24) is 9.55 Å². The van der Waals surface area contributed by atoms with Gasteiger partial charge in [-0.05, 0) is 18.2 Å². The van der Waals surface area contributed by atoms with Gasteiger partial charge in [0.25, 0.3) is 0 Å². The second-order valence-electron chi connectivity index (χ2n) is 4.35. The third-order valence-electron chi connectivity index (χ3n) is 2.97. The number of carbonyl (C=O) groups is 2. The third-order valence-corrected chi connectivity index (χ3v) is 2.97. The van der Waals surface area contributed by atoms with Crippen molar-refractivity contribution in [3.63, 3.8) is 0 Å². The van der Waals surface area contributed by atoms with Crippen LogP contribution in [0.1, 0.15) is 12.8 Å². The van der Waals surface area contributed by atoms with Gasteiger partial charge in [0.1, 0.15) is 0 Å². The molecule has 1 aromatic heterocycles. The first-order chi connectivity index (χ1) is 9.51. The summed E-state index contributed by atoms with van der Waals surface area (Å²) in [6, 6.07) is 5.11. The highest BCUT2D eigenvalue weighted by atomic mass is 16.5. The van der Waals surface area contributed by atoms with Gasteiger partial charge in [0.05, 0.1) is 24.6 Å². The molecule has 0 spiro atoms. The number of aryl methyl sites for hydroxylation is 1. The molecule has 0 saturated carbocycles. The molecule has 7 nitrogen and oxygen atoms in total. The van der Waals surface area contributed by atoms with Gasteiger partial charge in [0.15, 0.2) is 0 Å². The van der Waals surface area contributed by atoms with Crippen molar-refractivity contribution < 1.29 is 14.3 Å². The van der Waals surface area contributed by atoms with E-state index < -0.39 is 5.97 Å². The first-order valence-electron chi connectivity index (χ1n) is 6.06. The molecule has 0 aliphatic carbocycles. The van der Waals surface area contributed by atoms with Crippen LogP contribution in [0.4, 0.5) is 5.69 Å². The molecule has 0 aliphatic rings. The lowest BCUT2D eigenvalue weighted by molar-refractivity contribution is -0.141. The Hall–Kier alpha value is -2.57. The van der Waals surface area contributed by atoms with Crippen LogP contribution >= 0.6 is 0 Å². The lowest BCUT2D eigenvalue weighted by Crippen LogP contribution is -2.13. The molecule has 0 fully saturated rings. The molecule has 2 N–H and O–H groups in total. The summed E-state index contributed by atoms with van der Waals surface area (Å²) < 4.78 is 5.95. The van der Waals surface area contributed by atoms with Crippen LogP contribution in [0.5, 0.6) is 0 Å². The number of imidazole rings is 1. The van der Waals surface area contributed by atoms with E-state index in [0.717, 1.165) is 5.52 Å². The molecular weight excluding hydrogens is 262 g/mol. The number of anilines is 1. The number of amides is 1. The standard InChI is InChI=1S/C13H15N3O4/c1-16-10-4-3-8(7-9(10)15-13(16)19)14-11(17)5-6-12(18)20-2/h3-4,7H,5-6H2,1-2H3,(H,14,17)(H,15,19). The van der Waals surface area contributed by atoms with Crippen LogP contribution < -0.4 is 11.0 Å². The van der Waals surface area contributed by atoms with Crippen molar-refractivity contribution >= 4 is 28.6 Å². The third kappa shape index (κ3) is 2.87. The average Bonchev–Trinajstić information content (AvgIpc) is 2.71. The molecule has 2 rings (SSSR count). The number of ether oxygens (including phenoxy) is 1. The van der Waals surface area contributed by atoms with E-state index in [-0.39, 0.29) is 24.4 Å². The fraction of sp³-hybridized carbons (Fsp3) is 0.308. The summed E-state index contributed by atoms with van der Waals surface area (Å²) >= 11 is 0. The fourth-order valence-electron chi connectivity index (χ4n) is 1.86. The normalized spacial score (nSPS) is 10.5. The molecule has 106 valence electrons. The van der Waals surface area contributed by atoms with Gasteiger partial charge in [-0.3, -0.25) is 14.2 Å². The summed E-state index contributed by atoms with van der Waals surface area (Å²) in [7, 11) is 2.94. The topological polar surface area (TPSA) is 93.2 Å². The number of methoxy groups -OCH3 is 1. The van der Waals surface area contributed by atoms with E-state index in [9.17, 15) is 14.4 Å². The minimum Gasteiger partial charge on any atom is -0.469 e. The molecule has 20 heavy (non-hydrogen) atoms. The second-order valence-corrected chi connectivity index (χ2v) is 4.35. The summed E-state index contributed by atoms with van der Waals surface area (Å²) in [6.45, 7) is 0. The SMILES string of the molecule is COC(=O)CCC(=O)Nc1ccc2c(c1)[nH]c(=O)n2C. The fourth-order valence-corrected chi connectivity index (χ4v) is 1.86. The maximum absolute atomic E-state index is 11.6. The lowest BCUT2D eigenvalue weighted by atomic mass is 10.2. The maximum Gasteiger partial charge on any atom is 0.326 e. The summed E-state index contributed by atoms with van der Waals surface area (Å²) in [5, 5.41) is 2.66. The van der Waals surface area contributed by atoms with Crippen LogP contribution in [0.2, 0.25) is 0 Å². The number of rotatable bonds is 4. The second kappa shape index (κ2) is 5.60. The van der Waals surface area contributed by atoms with Gasteiger partial charge in [-0.15, -0.1) is 0 Å². The van der Waals surface area contributed by atoms with Crippen molar-refractivity contribution in [3.8, 4) is 0 Å². The van der Waals surface area contributed by atoms with Crippen LogP contribution in [0, 0.1) is 0 Å². The van der Waals surface area contributed by atoms with E-state index >= 15 is 0 Å². The molecule has 1 aromatic carbocycles. The van der Waals surface area contributed by atoms with E-state index in [1.165, 1.54) is 11.7 Å². The minimum atomic E-state index is -0.428. The van der Waals surface area contributed by atoms with Crippen molar-refractivity contribution in [3.05, 3.63) is 28.7 Å². The molecule has 0 bridgehead atoms. The summed E-state index contributed by atoms with van der Waals surface area (Å²) in [6.07, 6.45) is 0.0861. The number of H-pyrrole nitrogens is 1.